The zero-order valence-corrected chi connectivity index (χ0v) is 14.4. The number of carbonyl (C=O) groups is 1. The van der Waals surface area contributed by atoms with Crippen LogP contribution in [0.25, 0.3) is 10.9 Å². The van der Waals surface area contributed by atoms with Crippen molar-refractivity contribution in [3.63, 3.8) is 0 Å². The number of nitrogens with one attached hydrogen (secondary N) is 1. The van der Waals surface area contributed by atoms with Crippen LogP contribution in [0.1, 0.15) is 34.1 Å². The second-order valence-electron chi connectivity index (χ2n) is 5.92. The molecular formula is C20H16F3NO3. The normalized spacial score (nSPS) is 11.6. The van der Waals surface area contributed by atoms with Gasteiger partial charge in [-0.1, -0.05) is 36.4 Å². The molecule has 0 unspecified atom stereocenters. The number of H-pyrrole nitrogens is 1. The molecule has 0 saturated carbocycles. The fourth-order valence-corrected chi connectivity index (χ4v) is 2.95. The number of benzene rings is 2. The Balaban J connectivity index is 2.30. The second-order valence-corrected chi connectivity index (χ2v) is 5.92. The van der Waals surface area contributed by atoms with E-state index in [1.807, 2.05) is 0 Å². The molecule has 1 heterocycles. The summed E-state index contributed by atoms with van der Waals surface area (Å²) >= 11 is 0. The summed E-state index contributed by atoms with van der Waals surface area (Å²) < 4.78 is 45.1. The first-order valence-electron chi connectivity index (χ1n) is 8.29. The summed E-state index contributed by atoms with van der Waals surface area (Å²) in [7, 11) is 0. The van der Waals surface area contributed by atoms with Crippen molar-refractivity contribution >= 4 is 16.9 Å². The van der Waals surface area contributed by atoms with E-state index in [-0.39, 0.29) is 35.2 Å². The van der Waals surface area contributed by atoms with E-state index in [9.17, 15) is 22.8 Å². The standard InChI is InChI=1S/C20H16F3NO3/c1-2-27-19(26)16-15(11-12-7-4-3-5-8-12)24-17-13(18(16)25)9-6-10-14(17)20(21,22)23/h3-10H,2,11H2,1H3,(H,24,25). The molecule has 1 aromatic heterocycles. The summed E-state index contributed by atoms with van der Waals surface area (Å²) in [5.41, 5.74) is -1.51. The minimum absolute atomic E-state index is 0.0453. The largest absolute Gasteiger partial charge is 0.462 e. The lowest BCUT2D eigenvalue weighted by Crippen LogP contribution is -2.23. The molecule has 0 amide bonds. The molecule has 0 saturated heterocycles. The fourth-order valence-electron chi connectivity index (χ4n) is 2.95. The first-order chi connectivity index (χ1) is 12.8. The van der Waals surface area contributed by atoms with Crippen molar-refractivity contribution in [1.82, 2.24) is 4.98 Å². The molecule has 3 aromatic rings. The van der Waals surface area contributed by atoms with E-state index >= 15 is 0 Å². The Kier molecular flexibility index (Phi) is 5.03. The molecule has 0 atom stereocenters. The summed E-state index contributed by atoms with van der Waals surface area (Å²) in [4.78, 5) is 27.9. The van der Waals surface area contributed by atoms with Gasteiger partial charge in [0.05, 0.1) is 17.7 Å². The van der Waals surface area contributed by atoms with Crippen LogP contribution in [-0.2, 0) is 17.3 Å². The molecule has 7 heteroatoms. The van der Waals surface area contributed by atoms with Gasteiger partial charge < -0.3 is 9.72 Å². The molecular weight excluding hydrogens is 359 g/mol. The monoisotopic (exact) mass is 375 g/mol. The van der Waals surface area contributed by atoms with Crippen LogP contribution in [0.15, 0.2) is 53.3 Å². The summed E-state index contributed by atoms with van der Waals surface area (Å²) in [6.07, 6.45) is -4.55. The summed E-state index contributed by atoms with van der Waals surface area (Å²) in [6, 6.07) is 12.1. The van der Waals surface area contributed by atoms with E-state index in [0.29, 0.717) is 0 Å². The van der Waals surface area contributed by atoms with E-state index in [1.54, 1.807) is 37.3 Å². The van der Waals surface area contributed by atoms with Crippen molar-refractivity contribution in [3.05, 3.63) is 81.1 Å². The van der Waals surface area contributed by atoms with Crippen molar-refractivity contribution < 1.29 is 22.7 Å². The van der Waals surface area contributed by atoms with Gasteiger partial charge in [-0.05, 0) is 24.6 Å². The number of hydrogen-bond donors (Lipinski definition) is 1. The van der Waals surface area contributed by atoms with Gasteiger partial charge >= 0.3 is 12.1 Å². The maximum atomic E-state index is 13.4. The number of aromatic amines is 1. The number of esters is 1. The number of hydrogen-bond acceptors (Lipinski definition) is 3. The van der Waals surface area contributed by atoms with Crippen molar-refractivity contribution in [1.29, 1.82) is 0 Å². The Morgan fingerprint density at radius 3 is 2.41 bits per heavy atom. The fraction of sp³-hybridized carbons (Fsp3) is 0.200. The number of aromatic nitrogens is 1. The number of alkyl halides is 3. The van der Waals surface area contributed by atoms with E-state index in [0.717, 1.165) is 17.7 Å². The smallest absolute Gasteiger partial charge is 0.418 e. The van der Waals surface area contributed by atoms with Crippen LogP contribution in [-0.4, -0.2) is 17.6 Å². The molecule has 2 aromatic carbocycles. The third kappa shape index (κ3) is 3.72. The minimum atomic E-state index is -4.64. The van der Waals surface area contributed by atoms with E-state index in [1.165, 1.54) is 6.07 Å². The Bertz CT molecular complexity index is 1040. The van der Waals surface area contributed by atoms with Gasteiger partial charge in [0.25, 0.3) is 0 Å². The number of para-hydroxylation sites is 1. The zero-order valence-electron chi connectivity index (χ0n) is 14.4. The molecule has 27 heavy (non-hydrogen) atoms. The minimum Gasteiger partial charge on any atom is -0.462 e. The number of halogens is 3. The average Bonchev–Trinajstić information content (AvgIpc) is 2.61. The molecule has 0 aliphatic carbocycles. The van der Waals surface area contributed by atoms with Gasteiger partial charge in [0.2, 0.25) is 5.43 Å². The Labute approximate surface area is 152 Å². The van der Waals surface area contributed by atoms with Crippen molar-refractivity contribution in [2.75, 3.05) is 6.61 Å². The predicted molar refractivity (Wildman–Crippen MR) is 94.8 cm³/mol. The lowest BCUT2D eigenvalue weighted by atomic mass is 10.0. The van der Waals surface area contributed by atoms with Gasteiger partial charge in [-0.25, -0.2) is 4.79 Å². The van der Waals surface area contributed by atoms with Crippen LogP contribution in [0.4, 0.5) is 13.2 Å². The van der Waals surface area contributed by atoms with Crippen LogP contribution < -0.4 is 5.43 Å². The molecule has 0 bridgehead atoms. The maximum absolute atomic E-state index is 13.4. The molecule has 0 fully saturated rings. The van der Waals surface area contributed by atoms with E-state index in [4.69, 9.17) is 4.74 Å². The number of ether oxygens (including phenoxy) is 1. The Morgan fingerprint density at radius 2 is 1.78 bits per heavy atom. The Morgan fingerprint density at radius 1 is 1.07 bits per heavy atom. The van der Waals surface area contributed by atoms with Gasteiger partial charge in [0.1, 0.15) is 5.56 Å². The van der Waals surface area contributed by atoms with Crippen LogP contribution in [0.5, 0.6) is 0 Å². The highest BCUT2D eigenvalue weighted by atomic mass is 19.4. The SMILES string of the molecule is CCOC(=O)c1c(Cc2ccccc2)[nH]c2c(C(F)(F)F)cccc2c1=O. The molecule has 140 valence electrons. The topological polar surface area (TPSA) is 59.2 Å². The molecule has 0 aliphatic heterocycles. The molecule has 0 aliphatic rings. The first kappa shape index (κ1) is 18.7. The summed E-state index contributed by atoms with van der Waals surface area (Å²) in [5, 5.41) is -0.204. The van der Waals surface area contributed by atoms with Gasteiger partial charge in [0, 0.05) is 17.5 Å². The molecule has 4 nitrogen and oxygen atoms in total. The highest BCUT2D eigenvalue weighted by Gasteiger charge is 2.34. The van der Waals surface area contributed by atoms with Crippen molar-refractivity contribution in [2.45, 2.75) is 19.5 Å². The van der Waals surface area contributed by atoms with Crippen molar-refractivity contribution in [2.24, 2.45) is 0 Å². The summed E-state index contributed by atoms with van der Waals surface area (Å²) in [5.74, 6) is -0.857. The van der Waals surface area contributed by atoms with Crippen LogP contribution in [0.3, 0.4) is 0 Å². The van der Waals surface area contributed by atoms with Crippen LogP contribution >= 0.6 is 0 Å². The first-order valence-corrected chi connectivity index (χ1v) is 8.29. The highest BCUT2D eigenvalue weighted by Crippen LogP contribution is 2.33. The Hall–Kier alpha value is -3.09. The number of fused-ring (bicyclic) bond motifs is 1. The van der Waals surface area contributed by atoms with Gasteiger partial charge in [0.15, 0.2) is 0 Å². The zero-order chi connectivity index (χ0) is 19.6. The highest BCUT2D eigenvalue weighted by molar-refractivity contribution is 5.96. The van der Waals surface area contributed by atoms with Gasteiger partial charge in [-0.3, -0.25) is 4.79 Å². The summed E-state index contributed by atoms with van der Waals surface area (Å²) in [6.45, 7) is 1.63. The van der Waals surface area contributed by atoms with Crippen molar-refractivity contribution in [3.8, 4) is 0 Å². The molecule has 0 radical (unpaired) electrons. The molecule has 0 spiro atoms. The number of rotatable bonds is 4. The predicted octanol–water partition coefficient (Wildman–Crippen LogP) is 4.31. The third-order valence-corrected chi connectivity index (χ3v) is 4.12. The van der Waals surface area contributed by atoms with Crippen LogP contribution in [0.2, 0.25) is 0 Å². The second kappa shape index (κ2) is 7.26. The van der Waals surface area contributed by atoms with Gasteiger partial charge in [-0.15, -0.1) is 0 Å². The lowest BCUT2D eigenvalue weighted by molar-refractivity contribution is -0.136. The molecule has 1 N–H and O–H groups in total. The van der Waals surface area contributed by atoms with E-state index in [2.05, 4.69) is 4.98 Å². The van der Waals surface area contributed by atoms with Gasteiger partial charge in [-0.2, -0.15) is 13.2 Å². The quantitative estimate of drug-likeness (QED) is 0.691. The lowest BCUT2D eigenvalue weighted by Gasteiger charge is -2.14. The third-order valence-electron chi connectivity index (χ3n) is 4.12. The maximum Gasteiger partial charge on any atom is 0.418 e. The molecule has 3 rings (SSSR count). The van der Waals surface area contributed by atoms with E-state index < -0.39 is 23.1 Å². The average molecular weight is 375 g/mol. The van der Waals surface area contributed by atoms with Crippen LogP contribution in [0, 0.1) is 0 Å². The number of pyridine rings is 1. The number of carbonyl (C=O) groups excluding carboxylic acids is 1.